The normalized spacial score (nSPS) is 11.2. The summed E-state index contributed by atoms with van der Waals surface area (Å²) in [7, 11) is -0.762. The molecule has 1 rings (SSSR count). The fraction of sp³-hybridized carbons (Fsp3) is 0.455. The molecule has 0 aliphatic carbocycles. The molecular weight excluding hydrogens is 176 g/mol. The van der Waals surface area contributed by atoms with Gasteiger partial charge in [-0.3, -0.25) is 0 Å². The Balaban J connectivity index is 2.44. The number of benzene rings is 1. The van der Waals surface area contributed by atoms with Crippen LogP contribution in [0.4, 0.5) is 0 Å². The molecule has 71 valence electrons. The van der Waals surface area contributed by atoms with Crippen molar-refractivity contribution in [1.29, 1.82) is 0 Å². The predicted molar refractivity (Wildman–Crippen MR) is 58.5 cm³/mol. The maximum Gasteiger partial charge on any atom is 0.243 e. The summed E-state index contributed by atoms with van der Waals surface area (Å²) in [5.74, 6) is 0.628. The second-order valence-electron chi connectivity index (χ2n) is 3.63. The summed E-state index contributed by atoms with van der Waals surface area (Å²) in [5, 5.41) is 1.35. The molecule has 0 amide bonds. The third kappa shape index (κ3) is 3.74. The van der Waals surface area contributed by atoms with Gasteiger partial charge in [0, 0.05) is 6.61 Å². The van der Waals surface area contributed by atoms with Crippen molar-refractivity contribution in [3.63, 3.8) is 0 Å². The number of rotatable bonds is 4. The third-order valence-corrected chi connectivity index (χ3v) is 3.56. The highest BCUT2D eigenvalue weighted by Crippen LogP contribution is 1.96. The minimum absolute atomic E-state index is 0.628. The van der Waals surface area contributed by atoms with Gasteiger partial charge in [-0.05, 0) is 17.7 Å². The first kappa shape index (κ1) is 10.5. The molecule has 13 heavy (non-hydrogen) atoms. The summed E-state index contributed by atoms with van der Waals surface area (Å²) in [5.41, 5.74) is 0. The molecule has 0 fully saturated rings. The second kappa shape index (κ2) is 5.20. The van der Waals surface area contributed by atoms with Crippen LogP contribution in [0.25, 0.3) is 0 Å². The van der Waals surface area contributed by atoms with Crippen molar-refractivity contribution in [2.45, 2.75) is 20.4 Å². The lowest BCUT2D eigenvalue weighted by molar-refractivity contribution is 0.279. The molecule has 1 aromatic rings. The Labute approximate surface area is 82.5 Å². The van der Waals surface area contributed by atoms with E-state index in [2.05, 4.69) is 44.7 Å². The summed E-state index contributed by atoms with van der Waals surface area (Å²) in [4.78, 5) is 0. The van der Waals surface area contributed by atoms with Crippen LogP contribution in [0.2, 0.25) is 6.55 Å². The van der Waals surface area contributed by atoms with E-state index in [4.69, 9.17) is 4.43 Å². The average molecular weight is 193 g/mol. The molecule has 2 heteroatoms. The van der Waals surface area contributed by atoms with Gasteiger partial charge < -0.3 is 4.43 Å². The monoisotopic (exact) mass is 193 g/mol. The summed E-state index contributed by atoms with van der Waals surface area (Å²) >= 11 is 0. The van der Waals surface area contributed by atoms with Crippen LogP contribution in [-0.2, 0) is 4.43 Å². The number of hydrogen-bond donors (Lipinski definition) is 0. The van der Waals surface area contributed by atoms with Gasteiger partial charge >= 0.3 is 0 Å². The van der Waals surface area contributed by atoms with Crippen molar-refractivity contribution in [3.05, 3.63) is 30.3 Å². The van der Waals surface area contributed by atoms with E-state index in [1.807, 2.05) is 6.07 Å². The fourth-order valence-electron chi connectivity index (χ4n) is 1.05. The average Bonchev–Trinajstić information content (AvgIpc) is 2.15. The maximum atomic E-state index is 5.79. The maximum absolute atomic E-state index is 5.79. The van der Waals surface area contributed by atoms with Gasteiger partial charge in [0.15, 0.2) is 0 Å². The van der Waals surface area contributed by atoms with Gasteiger partial charge in [0.25, 0.3) is 0 Å². The second-order valence-corrected chi connectivity index (χ2v) is 5.61. The van der Waals surface area contributed by atoms with E-state index in [9.17, 15) is 0 Å². The van der Waals surface area contributed by atoms with Crippen LogP contribution in [0.1, 0.15) is 13.8 Å². The van der Waals surface area contributed by atoms with Gasteiger partial charge in [0.2, 0.25) is 9.04 Å². The zero-order valence-corrected chi connectivity index (χ0v) is 9.58. The Morgan fingerprint density at radius 3 is 2.38 bits per heavy atom. The Hall–Kier alpha value is -0.603. The molecule has 0 aliphatic heterocycles. The molecule has 0 bridgehead atoms. The lowest BCUT2D eigenvalue weighted by atomic mass is 10.2. The Bertz CT molecular complexity index is 233. The van der Waals surface area contributed by atoms with Gasteiger partial charge in [-0.25, -0.2) is 0 Å². The Kier molecular flexibility index (Phi) is 4.19. The number of hydrogen-bond acceptors (Lipinski definition) is 1. The van der Waals surface area contributed by atoms with E-state index in [0.29, 0.717) is 5.92 Å². The molecule has 0 aromatic heterocycles. The lowest BCUT2D eigenvalue weighted by Crippen LogP contribution is -2.31. The summed E-state index contributed by atoms with van der Waals surface area (Å²) in [6.45, 7) is 7.43. The van der Waals surface area contributed by atoms with Gasteiger partial charge in [-0.1, -0.05) is 44.2 Å². The van der Waals surface area contributed by atoms with Crippen molar-refractivity contribution in [2.24, 2.45) is 5.92 Å². The topological polar surface area (TPSA) is 9.23 Å². The Morgan fingerprint density at radius 2 is 1.85 bits per heavy atom. The predicted octanol–water partition coefficient (Wildman–Crippen LogP) is 2.19. The summed E-state index contributed by atoms with van der Waals surface area (Å²) < 4.78 is 5.79. The van der Waals surface area contributed by atoms with Crippen molar-refractivity contribution in [3.8, 4) is 0 Å². The van der Waals surface area contributed by atoms with Crippen LogP contribution in [0, 0.1) is 5.92 Å². The summed E-state index contributed by atoms with van der Waals surface area (Å²) in [6, 6.07) is 10.5. The lowest BCUT2D eigenvalue weighted by Gasteiger charge is -2.12. The van der Waals surface area contributed by atoms with Crippen LogP contribution in [0.15, 0.2) is 30.3 Å². The smallest absolute Gasteiger partial charge is 0.243 e. The molecule has 0 unspecified atom stereocenters. The molecular formula is C11H17OSi. The zero-order valence-electron chi connectivity index (χ0n) is 8.58. The largest absolute Gasteiger partial charge is 0.412 e. The molecule has 0 spiro atoms. The molecule has 0 saturated carbocycles. The molecule has 0 heterocycles. The highest BCUT2D eigenvalue weighted by Gasteiger charge is 2.08. The van der Waals surface area contributed by atoms with Crippen molar-refractivity contribution < 1.29 is 4.43 Å². The third-order valence-electron chi connectivity index (χ3n) is 1.81. The van der Waals surface area contributed by atoms with Crippen LogP contribution in [0.3, 0.4) is 0 Å². The minimum atomic E-state index is -0.762. The van der Waals surface area contributed by atoms with Crippen molar-refractivity contribution in [2.75, 3.05) is 6.61 Å². The first-order valence-corrected chi connectivity index (χ1v) is 6.62. The first-order chi connectivity index (χ1) is 6.20. The quantitative estimate of drug-likeness (QED) is 0.666. The summed E-state index contributed by atoms with van der Waals surface area (Å²) in [6.07, 6.45) is 0. The van der Waals surface area contributed by atoms with E-state index in [-0.39, 0.29) is 0 Å². The minimum Gasteiger partial charge on any atom is -0.412 e. The van der Waals surface area contributed by atoms with Crippen LogP contribution >= 0.6 is 0 Å². The highest BCUT2D eigenvalue weighted by molar-refractivity contribution is 6.66. The van der Waals surface area contributed by atoms with Crippen LogP contribution < -0.4 is 5.19 Å². The van der Waals surface area contributed by atoms with Gasteiger partial charge in [0.1, 0.15) is 0 Å². The van der Waals surface area contributed by atoms with Crippen LogP contribution in [-0.4, -0.2) is 15.6 Å². The van der Waals surface area contributed by atoms with Gasteiger partial charge in [-0.2, -0.15) is 0 Å². The highest BCUT2D eigenvalue weighted by atomic mass is 28.3. The molecule has 1 aromatic carbocycles. The molecule has 0 N–H and O–H groups in total. The fourth-order valence-corrected chi connectivity index (χ4v) is 2.46. The first-order valence-electron chi connectivity index (χ1n) is 4.72. The zero-order chi connectivity index (χ0) is 9.68. The Morgan fingerprint density at radius 1 is 1.23 bits per heavy atom. The molecule has 0 saturated heterocycles. The van der Waals surface area contributed by atoms with Gasteiger partial charge in [-0.15, -0.1) is 0 Å². The van der Waals surface area contributed by atoms with E-state index in [0.717, 1.165) is 6.61 Å². The molecule has 1 nitrogen and oxygen atoms in total. The van der Waals surface area contributed by atoms with Crippen molar-refractivity contribution in [1.82, 2.24) is 0 Å². The van der Waals surface area contributed by atoms with E-state index in [1.165, 1.54) is 5.19 Å². The molecule has 1 radical (unpaired) electrons. The SMILES string of the molecule is CC(C)CO[Si](C)c1ccccc1. The standard InChI is InChI=1S/C11H17OSi/c1-10(2)9-12-13(3)11-7-5-4-6-8-11/h4-8,10H,9H2,1-3H3. The van der Waals surface area contributed by atoms with E-state index < -0.39 is 9.04 Å². The molecule has 0 aliphatic rings. The van der Waals surface area contributed by atoms with Crippen LogP contribution in [0.5, 0.6) is 0 Å². The van der Waals surface area contributed by atoms with Crippen molar-refractivity contribution >= 4 is 14.2 Å². The van der Waals surface area contributed by atoms with E-state index in [1.54, 1.807) is 0 Å². The van der Waals surface area contributed by atoms with E-state index >= 15 is 0 Å². The molecule has 0 atom stereocenters. The van der Waals surface area contributed by atoms with Gasteiger partial charge in [0.05, 0.1) is 0 Å².